The fraction of sp³-hybridized carbons (Fsp3) is 0.933. The van der Waals surface area contributed by atoms with Gasteiger partial charge in [-0.25, -0.2) is 0 Å². The average Bonchev–Trinajstić information content (AvgIpc) is 2.39. The summed E-state index contributed by atoms with van der Waals surface area (Å²) in [6, 6.07) is 0.0697. The van der Waals surface area contributed by atoms with Crippen LogP contribution < -0.4 is 11.1 Å². The average molecular weight is 270 g/mol. The van der Waals surface area contributed by atoms with E-state index in [1.165, 1.54) is 0 Å². The third-order valence-corrected chi connectivity index (χ3v) is 4.57. The Balaban J connectivity index is 2.67. The second kappa shape index (κ2) is 7.25. The summed E-state index contributed by atoms with van der Waals surface area (Å²) in [4.78, 5) is 12.6. The maximum Gasteiger partial charge on any atom is 0.227 e. The number of hydrogen-bond donors (Lipinski definition) is 2. The van der Waals surface area contributed by atoms with Crippen molar-refractivity contribution >= 4 is 5.91 Å². The number of nitrogens with two attached hydrogens (primary N) is 1. The van der Waals surface area contributed by atoms with E-state index >= 15 is 0 Å². The molecule has 1 saturated carbocycles. The summed E-state index contributed by atoms with van der Waals surface area (Å²) >= 11 is 0. The number of methoxy groups -OCH3 is 1. The topological polar surface area (TPSA) is 64.3 Å². The van der Waals surface area contributed by atoms with Crippen molar-refractivity contribution in [3.05, 3.63) is 0 Å². The van der Waals surface area contributed by atoms with E-state index in [2.05, 4.69) is 26.1 Å². The molecule has 0 aromatic rings. The predicted octanol–water partition coefficient (Wildman–Crippen LogP) is 1.93. The Hall–Kier alpha value is -0.610. The molecule has 1 rings (SSSR count). The van der Waals surface area contributed by atoms with Crippen LogP contribution in [-0.2, 0) is 9.53 Å². The largest absolute Gasteiger partial charge is 0.383 e. The first kappa shape index (κ1) is 16.4. The molecular weight excluding hydrogens is 240 g/mol. The lowest BCUT2D eigenvalue weighted by molar-refractivity contribution is -0.134. The lowest BCUT2D eigenvalue weighted by atomic mass is 9.70. The molecule has 1 amide bonds. The van der Waals surface area contributed by atoms with Crippen LogP contribution in [0.1, 0.15) is 46.5 Å². The van der Waals surface area contributed by atoms with Crippen LogP contribution in [0.5, 0.6) is 0 Å². The summed E-state index contributed by atoms with van der Waals surface area (Å²) in [7, 11) is 1.67. The molecule has 1 unspecified atom stereocenters. The van der Waals surface area contributed by atoms with E-state index in [9.17, 15) is 4.79 Å². The molecule has 1 aliphatic rings. The van der Waals surface area contributed by atoms with E-state index in [4.69, 9.17) is 10.5 Å². The Morgan fingerprint density at radius 2 is 2.00 bits per heavy atom. The first-order valence-corrected chi connectivity index (χ1v) is 7.45. The van der Waals surface area contributed by atoms with Crippen LogP contribution in [0.15, 0.2) is 0 Å². The second-order valence-electron chi connectivity index (χ2n) is 6.45. The Kier molecular flexibility index (Phi) is 6.27. The van der Waals surface area contributed by atoms with E-state index in [1.807, 2.05) is 0 Å². The summed E-state index contributed by atoms with van der Waals surface area (Å²) in [5, 5.41) is 3.15. The Morgan fingerprint density at radius 3 is 2.42 bits per heavy atom. The molecule has 0 radical (unpaired) electrons. The van der Waals surface area contributed by atoms with Gasteiger partial charge in [-0.2, -0.15) is 0 Å². The van der Waals surface area contributed by atoms with Gasteiger partial charge in [-0.05, 0) is 37.5 Å². The molecule has 0 heterocycles. The van der Waals surface area contributed by atoms with Gasteiger partial charge in [-0.3, -0.25) is 4.79 Å². The molecule has 19 heavy (non-hydrogen) atoms. The molecule has 0 saturated heterocycles. The minimum atomic E-state index is -0.354. The molecule has 0 aromatic carbocycles. The smallest absolute Gasteiger partial charge is 0.227 e. The van der Waals surface area contributed by atoms with Crippen LogP contribution in [0.25, 0.3) is 0 Å². The molecular formula is C15H30N2O2. The fourth-order valence-electron chi connectivity index (χ4n) is 2.74. The van der Waals surface area contributed by atoms with Gasteiger partial charge in [0.05, 0.1) is 18.1 Å². The predicted molar refractivity (Wildman–Crippen MR) is 77.8 cm³/mol. The number of carbonyl (C=O) groups is 1. The molecule has 1 aliphatic carbocycles. The molecule has 4 nitrogen and oxygen atoms in total. The lowest BCUT2D eigenvalue weighted by Crippen LogP contribution is -2.53. The Labute approximate surface area is 117 Å². The van der Waals surface area contributed by atoms with E-state index in [0.29, 0.717) is 25.0 Å². The first-order valence-electron chi connectivity index (χ1n) is 7.45. The van der Waals surface area contributed by atoms with Crippen molar-refractivity contribution in [2.75, 3.05) is 20.3 Å². The van der Waals surface area contributed by atoms with Crippen molar-refractivity contribution < 1.29 is 9.53 Å². The van der Waals surface area contributed by atoms with Crippen LogP contribution in [0.2, 0.25) is 0 Å². The summed E-state index contributed by atoms with van der Waals surface area (Å²) in [6.45, 7) is 7.45. The van der Waals surface area contributed by atoms with Crippen LogP contribution >= 0.6 is 0 Å². The SMILES string of the molecule is COCC(NC(=O)C1(CN)CCC(C)CC1)C(C)C. The van der Waals surface area contributed by atoms with Crippen molar-refractivity contribution in [1.82, 2.24) is 5.32 Å². The van der Waals surface area contributed by atoms with Crippen molar-refractivity contribution in [2.45, 2.75) is 52.5 Å². The van der Waals surface area contributed by atoms with Crippen molar-refractivity contribution in [3.8, 4) is 0 Å². The summed E-state index contributed by atoms with van der Waals surface area (Å²) in [5.74, 6) is 1.20. The maximum atomic E-state index is 12.6. The molecule has 3 N–H and O–H groups in total. The molecule has 112 valence electrons. The van der Waals surface area contributed by atoms with Crippen LogP contribution in [0.4, 0.5) is 0 Å². The summed E-state index contributed by atoms with van der Waals surface area (Å²) < 4.78 is 5.19. The third-order valence-electron chi connectivity index (χ3n) is 4.57. The van der Waals surface area contributed by atoms with Gasteiger partial charge in [0.25, 0.3) is 0 Å². The zero-order chi connectivity index (χ0) is 14.5. The van der Waals surface area contributed by atoms with Gasteiger partial charge in [0.1, 0.15) is 0 Å². The number of amides is 1. The highest BCUT2D eigenvalue weighted by molar-refractivity contribution is 5.83. The highest BCUT2D eigenvalue weighted by Gasteiger charge is 2.40. The zero-order valence-corrected chi connectivity index (χ0v) is 12.9. The molecule has 4 heteroatoms. The van der Waals surface area contributed by atoms with Gasteiger partial charge in [0.2, 0.25) is 5.91 Å². The van der Waals surface area contributed by atoms with Gasteiger partial charge in [-0.15, -0.1) is 0 Å². The van der Waals surface area contributed by atoms with E-state index in [0.717, 1.165) is 25.7 Å². The minimum Gasteiger partial charge on any atom is -0.383 e. The van der Waals surface area contributed by atoms with Crippen molar-refractivity contribution in [1.29, 1.82) is 0 Å². The normalized spacial score (nSPS) is 29.3. The third kappa shape index (κ3) is 4.18. The molecule has 0 bridgehead atoms. The van der Waals surface area contributed by atoms with Gasteiger partial charge in [0.15, 0.2) is 0 Å². The zero-order valence-electron chi connectivity index (χ0n) is 12.9. The number of hydrogen-bond acceptors (Lipinski definition) is 3. The molecule has 1 atom stereocenters. The van der Waals surface area contributed by atoms with Crippen molar-refractivity contribution in [3.63, 3.8) is 0 Å². The Morgan fingerprint density at radius 1 is 1.42 bits per heavy atom. The fourth-order valence-corrected chi connectivity index (χ4v) is 2.74. The lowest BCUT2D eigenvalue weighted by Gasteiger charge is -2.38. The minimum absolute atomic E-state index is 0.0697. The van der Waals surface area contributed by atoms with Crippen LogP contribution in [0, 0.1) is 17.3 Å². The summed E-state index contributed by atoms with van der Waals surface area (Å²) in [5.41, 5.74) is 5.56. The first-order chi connectivity index (χ1) is 8.95. The number of ether oxygens (including phenoxy) is 1. The number of nitrogens with one attached hydrogen (secondary N) is 1. The van der Waals surface area contributed by atoms with E-state index in [-0.39, 0.29) is 17.4 Å². The number of carbonyl (C=O) groups excluding carboxylic acids is 1. The highest BCUT2D eigenvalue weighted by atomic mass is 16.5. The van der Waals surface area contributed by atoms with Crippen LogP contribution in [-0.4, -0.2) is 32.2 Å². The van der Waals surface area contributed by atoms with Crippen LogP contribution in [0.3, 0.4) is 0 Å². The summed E-state index contributed by atoms with van der Waals surface area (Å²) in [6.07, 6.45) is 4.02. The Bertz CT molecular complexity index is 284. The molecule has 1 fully saturated rings. The number of rotatable bonds is 6. The van der Waals surface area contributed by atoms with E-state index < -0.39 is 0 Å². The molecule has 0 aliphatic heterocycles. The van der Waals surface area contributed by atoms with E-state index in [1.54, 1.807) is 7.11 Å². The quantitative estimate of drug-likeness (QED) is 0.775. The standard InChI is InChI=1S/C15H30N2O2/c1-11(2)13(9-19-4)17-14(18)15(10-16)7-5-12(3)6-8-15/h11-13H,5-10,16H2,1-4H3,(H,17,18). The maximum absolute atomic E-state index is 12.6. The second-order valence-corrected chi connectivity index (χ2v) is 6.45. The molecule has 0 aromatic heterocycles. The highest BCUT2D eigenvalue weighted by Crippen LogP contribution is 2.38. The van der Waals surface area contributed by atoms with Gasteiger partial charge < -0.3 is 15.8 Å². The van der Waals surface area contributed by atoms with Gasteiger partial charge in [-0.1, -0.05) is 20.8 Å². The van der Waals surface area contributed by atoms with Gasteiger partial charge >= 0.3 is 0 Å². The van der Waals surface area contributed by atoms with Crippen molar-refractivity contribution in [2.24, 2.45) is 23.0 Å². The molecule has 0 spiro atoms. The van der Waals surface area contributed by atoms with Gasteiger partial charge in [0, 0.05) is 13.7 Å². The monoisotopic (exact) mass is 270 g/mol.